The zero-order valence-electron chi connectivity index (χ0n) is 24.1. The standard InChI is InChI=1S/C30H41ClN6O3/c1-19-17-26(31)34-21(3)27(19)29(39)33-14-11-20(2)35-15-12-24(13-16-35)37-25(23-9-7-6-8-10-23)18-36(30(37)40)22(4)28(38)32-5/h6-10,17,20,22,24-25H,11-16,18H2,1-5H3,(H,32,38)(H,33,39)/t20?,22?,25-/m0/s1. The van der Waals surface area contributed by atoms with Gasteiger partial charge in [0.25, 0.3) is 5.91 Å². The number of halogens is 1. The van der Waals surface area contributed by atoms with Gasteiger partial charge in [-0.2, -0.15) is 0 Å². The Balaban J connectivity index is 1.35. The molecule has 4 amide bonds. The summed E-state index contributed by atoms with van der Waals surface area (Å²) in [5.74, 6) is -0.282. The zero-order valence-corrected chi connectivity index (χ0v) is 24.9. The molecule has 2 aliphatic heterocycles. The van der Waals surface area contributed by atoms with Crippen LogP contribution < -0.4 is 10.6 Å². The molecule has 1 aromatic carbocycles. The average Bonchev–Trinajstić information content (AvgIpc) is 3.28. The minimum atomic E-state index is -0.528. The van der Waals surface area contributed by atoms with Crippen LogP contribution in [0.3, 0.4) is 0 Å². The fourth-order valence-corrected chi connectivity index (χ4v) is 6.35. The van der Waals surface area contributed by atoms with E-state index in [9.17, 15) is 14.4 Å². The molecular formula is C30H41ClN6O3. The number of carbonyl (C=O) groups is 3. The molecule has 2 aromatic rings. The van der Waals surface area contributed by atoms with Gasteiger partial charge >= 0.3 is 6.03 Å². The normalized spacial score (nSPS) is 19.9. The molecule has 0 radical (unpaired) electrons. The van der Waals surface area contributed by atoms with Gasteiger partial charge in [0, 0.05) is 45.3 Å². The van der Waals surface area contributed by atoms with Crippen LogP contribution in [0, 0.1) is 13.8 Å². The van der Waals surface area contributed by atoms with E-state index in [0.717, 1.165) is 43.5 Å². The SMILES string of the molecule is CNC(=O)C(C)N1C[C@@H](c2ccccc2)N(C2CCN(C(C)CCNC(=O)c3c(C)cc(Cl)nc3C)CC2)C1=O. The lowest BCUT2D eigenvalue weighted by molar-refractivity contribution is -0.124. The summed E-state index contributed by atoms with van der Waals surface area (Å²) in [5.41, 5.74) is 3.13. The quantitative estimate of drug-likeness (QED) is 0.447. The van der Waals surface area contributed by atoms with E-state index in [2.05, 4.69) is 39.6 Å². The number of piperidine rings is 1. The molecule has 1 aromatic heterocycles. The summed E-state index contributed by atoms with van der Waals surface area (Å²) in [5, 5.41) is 6.11. The second kappa shape index (κ2) is 13.0. The van der Waals surface area contributed by atoms with Gasteiger partial charge in [-0.3, -0.25) is 9.59 Å². The van der Waals surface area contributed by atoms with E-state index in [1.807, 2.05) is 30.0 Å². The van der Waals surface area contributed by atoms with Crippen LogP contribution in [0.15, 0.2) is 36.4 Å². The van der Waals surface area contributed by atoms with Crippen molar-refractivity contribution in [1.82, 2.24) is 30.3 Å². The van der Waals surface area contributed by atoms with Gasteiger partial charge in [0.1, 0.15) is 11.2 Å². The maximum Gasteiger partial charge on any atom is 0.321 e. The summed E-state index contributed by atoms with van der Waals surface area (Å²) in [6.45, 7) is 10.4. The Morgan fingerprint density at radius 3 is 2.42 bits per heavy atom. The number of hydrogen-bond acceptors (Lipinski definition) is 5. The lowest BCUT2D eigenvalue weighted by Crippen LogP contribution is -2.51. The molecule has 0 aliphatic carbocycles. The van der Waals surface area contributed by atoms with Crippen LogP contribution >= 0.6 is 11.6 Å². The first-order chi connectivity index (χ1) is 19.1. The number of likely N-dealkylation sites (N-methyl/N-ethyl adjacent to an activating group) is 1. The molecule has 0 saturated carbocycles. The van der Waals surface area contributed by atoms with Crippen LogP contribution in [0.4, 0.5) is 4.79 Å². The van der Waals surface area contributed by atoms with Gasteiger partial charge in [0.15, 0.2) is 0 Å². The van der Waals surface area contributed by atoms with Gasteiger partial charge in [0.05, 0.1) is 17.3 Å². The van der Waals surface area contributed by atoms with Crippen molar-refractivity contribution in [2.24, 2.45) is 0 Å². The van der Waals surface area contributed by atoms with Crippen molar-refractivity contribution < 1.29 is 14.4 Å². The van der Waals surface area contributed by atoms with Crippen LogP contribution in [0.1, 0.15) is 66.3 Å². The van der Waals surface area contributed by atoms with E-state index in [-0.39, 0.29) is 36.0 Å². The molecular weight excluding hydrogens is 528 g/mol. The highest BCUT2D eigenvalue weighted by atomic mass is 35.5. The topological polar surface area (TPSA) is 97.9 Å². The number of rotatable bonds is 9. The molecule has 10 heteroatoms. The third kappa shape index (κ3) is 6.41. The van der Waals surface area contributed by atoms with E-state index in [1.165, 1.54) is 0 Å². The molecule has 2 N–H and O–H groups in total. The number of carbonyl (C=O) groups excluding carboxylic acids is 3. The summed E-state index contributed by atoms with van der Waals surface area (Å²) < 4.78 is 0. The van der Waals surface area contributed by atoms with Crippen molar-refractivity contribution in [3.8, 4) is 0 Å². The Morgan fingerprint density at radius 1 is 1.12 bits per heavy atom. The number of nitrogens with one attached hydrogen (secondary N) is 2. The Morgan fingerprint density at radius 2 is 1.80 bits per heavy atom. The largest absolute Gasteiger partial charge is 0.357 e. The first kappa shape index (κ1) is 29.8. The highest BCUT2D eigenvalue weighted by Gasteiger charge is 2.45. The molecule has 2 aliphatic rings. The maximum absolute atomic E-state index is 13.7. The molecule has 4 rings (SSSR count). The number of aromatic nitrogens is 1. The summed E-state index contributed by atoms with van der Waals surface area (Å²) in [6, 6.07) is 11.5. The van der Waals surface area contributed by atoms with Crippen molar-refractivity contribution in [2.75, 3.05) is 33.2 Å². The van der Waals surface area contributed by atoms with Crippen molar-refractivity contribution in [1.29, 1.82) is 0 Å². The van der Waals surface area contributed by atoms with Gasteiger partial charge < -0.3 is 25.3 Å². The molecule has 40 heavy (non-hydrogen) atoms. The Labute approximate surface area is 242 Å². The lowest BCUT2D eigenvalue weighted by Gasteiger charge is -2.41. The number of aryl methyl sites for hydroxylation is 2. The van der Waals surface area contributed by atoms with Crippen molar-refractivity contribution >= 4 is 29.4 Å². The van der Waals surface area contributed by atoms with Crippen LogP contribution in [-0.2, 0) is 4.79 Å². The lowest BCUT2D eigenvalue weighted by atomic mass is 9.98. The molecule has 0 bridgehead atoms. The van der Waals surface area contributed by atoms with Gasteiger partial charge in [-0.25, -0.2) is 9.78 Å². The second-order valence-corrected chi connectivity index (χ2v) is 11.3. The molecule has 2 fully saturated rings. The third-order valence-electron chi connectivity index (χ3n) is 8.41. The van der Waals surface area contributed by atoms with Crippen LogP contribution in [0.25, 0.3) is 0 Å². The van der Waals surface area contributed by atoms with E-state index in [1.54, 1.807) is 31.9 Å². The predicted molar refractivity (Wildman–Crippen MR) is 156 cm³/mol. The number of nitrogens with zero attached hydrogens (tertiary/aromatic N) is 4. The minimum absolute atomic E-state index is 0.0681. The Kier molecular flexibility index (Phi) is 9.68. The van der Waals surface area contributed by atoms with Gasteiger partial charge in [-0.1, -0.05) is 41.9 Å². The Hall–Kier alpha value is -3.17. The van der Waals surface area contributed by atoms with E-state index in [4.69, 9.17) is 11.6 Å². The van der Waals surface area contributed by atoms with Gasteiger partial charge in [-0.15, -0.1) is 0 Å². The number of urea groups is 1. The van der Waals surface area contributed by atoms with Crippen molar-refractivity contribution in [3.05, 3.63) is 63.9 Å². The Bertz CT molecular complexity index is 1190. The fraction of sp³-hybridized carbons (Fsp3) is 0.533. The maximum atomic E-state index is 13.7. The summed E-state index contributed by atoms with van der Waals surface area (Å²) in [4.78, 5) is 49.2. The summed E-state index contributed by atoms with van der Waals surface area (Å²) >= 11 is 6.01. The molecule has 9 nitrogen and oxygen atoms in total. The first-order valence-electron chi connectivity index (χ1n) is 14.1. The fourth-order valence-electron chi connectivity index (χ4n) is 6.06. The highest BCUT2D eigenvalue weighted by Crippen LogP contribution is 2.36. The number of pyridine rings is 1. The van der Waals surface area contributed by atoms with Gasteiger partial charge in [-0.05, 0) is 64.2 Å². The van der Waals surface area contributed by atoms with E-state index in [0.29, 0.717) is 29.5 Å². The van der Waals surface area contributed by atoms with Crippen molar-refractivity contribution in [3.63, 3.8) is 0 Å². The molecule has 2 saturated heterocycles. The second-order valence-electron chi connectivity index (χ2n) is 10.9. The molecule has 216 valence electrons. The third-order valence-corrected chi connectivity index (χ3v) is 8.60. The van der Waals surface area contributed by atoms with E-state index < -0.39 is 6.04 Å². The number of benzene rings is 1. The summed E-state index contributed by atoms with van der Waals surface area (Å²) in [7, 11) is 1.60. The highest BCUT2D eigenvalue weighted by molar-refractivity contribution is 6.29. The molecule has 2 unspecified atom stereocenters. The van der Waals surface area contributed by atoms with E-state index >= 15 is 0 Å². The molecule has 3 atom stereocenters. The zero-order chi connectivity index (χ0) is 29.0. The number of likely N-dealkylation sites (tertiary alicyclic amines) is 1. The van der Waals surface area contributed by atoms with Crippen LogP contribution in [-0.4, -0.2) is 88.9 Å². The smallest absolute Gasteiger partial charge is 0.321 e. The number of amides is 4. The minimum Gasteiger partial charge on any atom is -0.357 e. The average molecular weight is 569 g/mol. The van der Waals surface area contributed by atoms with Crippen LogP contribution in [0.2, 0.25) is 5.15 Å². The van der Waals surface area contributed by atoms with Crippen LogP contribution in [0.5, 0.6) is 0 Å². The summed E-state index contributed by atoms with van der Waals surface area (Å²) in [6.07, 6.45) is 2.55. The molecule has 0 spiro atoms. The molecule has 3 heterocycles. The number of hydrogen-bond donors (Lipinski definition) is 2. The van der Waals surface area contributed by atoms with Crippen molar-refractivity contribution in [2.45, 2.75) is 71.1 Å². The first-order valence-corrected chi connectivity index (χ1v) is 14.5. The van der Waals surface area contributed by atoms with Gasteiger partial charge in [0.2, 0.25) is 5.91 Å². The monoisotopic (exact) mass is 568 g/mol. The predicted octanol–water partition coefficient (Wildman–Crippen LogP) is 3.94.